The molecule has 26 heavy (non-hydrogen) atoms. The first-order valence-electron chi connectivity index (χ1n) is 9.24. The number of carbonyl (C=O) groups is 2. The van der Waals surface area contributed by atoms with Crippen molar-refractivity contribution in [2.75, 3.05) is 18.8 Å². The van der Waals surface area contributed by atoms with Crippen molar-refractivity contribution < 1.29 is 9.59 Å². The summed E-state index contributed by atoms with van der Waals surface area (Å²) in [5.74, 6) is 1.84. The van der Waals surface area contributed by atoms with Gasteiger partial charge in [0, 0.05) is 37.3 Å². The number of carbonyl (C=O) groups excluding carboxylic acids is 2. The number of aromatic nitrogens is 4. The van der Waals surface area contributed by atoms with Crippen LogP contribution in [-0.2, 0) is 6.54 Å². The highest BCUT2D eigenvalue weighted by Crippen LogP contribution is 2.40. The van der Waals surface area contributed by atoms with Gasteiger partial charge in [0.2, 0.25) is 0 Å². The first kappa shape index (κ1) is 17.3. The molecule has 1 N–H and O–H groups in total. The topological polar surface area (TPSA) is 83.9 Å². The van der Waals surface area contributed by atoms with E-state index in [-0.39, 0.29) is 17.4 Å². The van der Waals surface area contributed by atoms with E-state index in [4.69, 9.17) is 0 Å². The van der Waals surface area contributed by atoms with Gasteiger partial charge in [0.1, 0.15) is 11.5 Å². The van der Waals surface area contributed by atoms with Crippen LogP contribution in [-0.4, -0.2) is 55.2 Å². The molecule has 0 aromatic carbocycles. The van der Waals surface area contributed by atoms with E-state index in [0.29, 0.717) is 17.2 Å². The highest BCUT2D eigenvalue weighted by molar-refractivity contribution is 7.99. The first-order chi connectivity index (χ1) is 12.7. The number of nitrogens with zero attached hydrogens (tertiary/aromatic N) is 4. The molecule has 1 aliphatic carbocycles. The lowest BCUT2D eigenvalue weighted by Gasteiger charge is -2.13. The zero-order chi connectivity index (χ0) is 18.1. The minimum absolute atomic E-state index is 0.00894. The number of H-pyrrole nitrogens is 1. The van der Waals surface area contributed by atoms with Gasteiger partial charge in [-0.05, 0) is 38.7 Å². The first-order valence-corrected chi connectivity index (χ1v) is 10.2. The Morgan fingerprint density at radius 3 is 2.73 bits per heavy atom. The van der Waals surface area contributed by atoms with Crippen molar-refractivity contribution in [2.24, 2.45) is 0 Å². The quantitative estimate of drug-likeness (QED) is 0.596. The van der Waals surface area contributed by atoms with Crippen molar-refractivity contribution in [2.45, 2.75) is 50.2 Å². The molecule has 138 valence electrons. The number of thioether (sulfide) groups is 1. The predicted molar refractivity (Wildman–Crippen MR) is 98.7 cm³/mol. The molecule has 0 atom stereocenters. The zero-order valence-corrected chi connectivity index (χ0v) is 15.7. The third-order valence-electron chi connectivity index (χ3n) is 4.97. The molecule has 2 aromatic heterocycles. The summed E-state index contributed by atoms with van der Waals surface area (Å²) in [6.07, 6.45) is 6.09. The molecule has 1 saturated carbocycles. The van der Waals surface area contributed by atoms with Gasteiger partial charge in [0.25, 0.3) is 5.91 Å². The molecule has 1 amide bonds. The minimum atomic E-state index is -0.0194. The smallest absolute Gasteiger partial charge is 0.270 e. The molecule has 0 spiro atoms. The lowest BCUT2D eigenvalue weighted by molar-refractivity contribution is 0.0787. The predicted octanol–water partition coefficient (Wildman–Crippen LogP) is 2.71. The maximum Gasteiger partial charge on any atom is 0.270 e. The van der Waals surface area contributed by atoms with E-state index in [0.717, 1.165) is 43.5 Å². The van der Waals surface area contributed by atoms with E-state index >= 15 is 0 Å². The SMILES string of the molecule is CCn1c(SCC(=O)c2c[nH]c(C(=O)N3CCCC3)c2)nnc1C1CC1. The summed E-state index contributed by atoms with van der Waals surface area (Å²) in [5.41, 5.74) is 1.04. The Bertz CT molecular complexity index is 817. The molecule has 2 fully saturated rings. The normalized spacial score (nSPS) is 17.0. The number of likely N-dealkylation sites (tertiary alicyclic amines) is 1. The molecule has 2 aromatic rings. The number of Topliss-reactive ketones (excluding diaryl/α,β-unsaturated/α-hetero) is 1. The third-order valence-corrected chi connectivity index (χ3v) is 5.93. The summed E-state index contributed by atoms with van der Waals surface area (Å²) >= 11 is 1.41. The average Bonchev–Trinajstić information content (AvgIpc) is 3.11. The highest BCUT2D eigenvalue weighted by Gasteiger charge is 2.30. The van der Waals surface area contributed by atoms with Crippen LogP contribution in [0.3, 0.4) is 0 Å². The van der Waals surface area contributed by atoms with Crippen LogP contribution in [0.5, 0.6) is 0 Å². The van der Waals surface area contributed by atoms with Crippen molar-refractivity contribution >= 4 is 23.5 Å². The minimum Gasteiger partial charge on any atom is -0.356 e. The van der Waals surface area contributed by atoms with Gasteiger partial charge in [-0.15, -0.1) is 10.2 Å². The van der Waals surface area contributed by atoms with Crippen LogP contribution in [0.1, 0.15) is 65.2 Å². The monoisotopic (exact) mass is 373 g/mol. The second kappa shape index (κ2) is 7.26. The van der Waals surface area contributed by atoms with Crippen LogP contribution in [0.15, 0.2) is 17.4 Å². The molecule has 2 aliphatic rings. The summed E-state index contributed by atoms with van der Waals surface area (Å²) in [7, 11) is 0. The maximum atomic E-state index is 12.5. The number of hydrogen-bond donors (Lipinski definition) is 1. The Kier molecular flexibility index (Phi) is 4.84. The Morgan fingerprint density at radius 2 is 2.04 bits per heavy atom. The van der Waals surface area contributed by atoms with Crippen molar-refractivity contribution in [1.82, 2.24) is 24.6 Å². The van der Waals surface area contributed by atoms with Gasteiger partial charge in [-0.1, -0.05) is 11.8 Å². The molecule has 8 heteroatoms. The number of rotatable bonds is 7. The van der Waals surface area contributed by atoms with Crippen LogP contribution < -0.4 is 0 Å². The molecule has 1 saturated heterocycles. The van der Waals surface area contributed by atoms with Gasteiger partial charge in [-0.25, -0.2) is 0 Å². The van der Waals surface area contributed by atoms with Crippen molar-refractivity contribution in [3.05, 3.63) is 29.3 Å². The Hall–Kier alpha value is -2.09. The lowest BCUT2D eigenvalue weighted by Crippen LogP contribution is -2.27. The molecule has 1 aliphatic heterocycles. The van der Waals surface area contributed by atoms with E-state index in [9.17, 15) is 9.59 Å². The van der Waals surface area contributed by atoms with E-state index < -0.39 is 0 Å². The molecule has 0 unspecified atom stereocenters. The van der Waals surface area contributed by atoms with E-state index in [2.05, 4.69) is 26.7 Å². The van der Waals surface area contributed by atoms with Crippen LogP contribution in [0.2, 0.25) is 0 Å². The third kappa shape index (κ3) is 3.42. The van der Waals surface area contributed by atoms with Crippen LogP contribution in [0.4, 0.5) is 0 Å². The summed E-state index contributed by atoms with van der Waals surface area (Å²) < 4.78 is 2.11. The van der Waals surface area contributed by atoms with E-state index in [1.165, 1.54) is 24.6 Å². The van der Waals surface area contributed by atoms with Gasteiger partial charge >= 0.3 is 0 Å². The molecule has 0 bridgehead atoms. The molecule has 0 radical (unpaired) electrons. The van der Waals surface area contributed by atoms with Crippen molar-refractivity contribution in [1.29, 1.82) is 0 Å². The fourth-order valence-corrected chi connectivity index (χ4v) is 4.23. The Balaban J connectivity index is 1.39. The summed E-state index contributed by atoms with van der Waals surface area (Å²) in [5, 5.41) is 9.35. The van der Waals surface area contributed by atoms with Crippen LogP contribution >= 0.6 is 11.8 Å². The van der Waals surface area contributed by atoms with Crippen molar-refractivity contribution in [3.8, 4) is 0 Å². The molecule has 3 heterocycles. The lowest BCUT2D eigenvalue weighted by atomic mass is 10.2. The van der Waals surface area contributed by atoms with Crippen molar-refractivity contribution in [3.63, 3.8) is 0 Å². The Morgan fingerprint density at radius 1 is 1.27 bits per heavy atom. The van der Waals surface area contributed by atoms with Crippen LogP contribution in [0.25, 0.3) is 0 Å². The standard InChI is InChI=1S/C18H23N5O2S/c1-2-23-16(12-5-6-12)20-21-18(23)26-11-15(24)13-9-14(19-10-13)17(25)22-7-3-4-8-22/h9-10,12,19H,2-8,11H2,1H3. The molecular formula is C18H23N5O2S. The molecule has 7 nitrogen and oxygen atoms in total. The van der Waals surface area contributed by atoms with E-state index in [1.807, 2.05) is 4.90 Å². The summed E-state index contributed by atoms with van der Waals surface area (Å²) in [6.45, 7) is 4.48. The average molecular weight is 373 g/mol. The fourth-order valence-electron chi connectivity index (χ4n) is 3.33. The van der Waals surface area contributed by atoms with Gasteiger partial charge in [-0.3, -0.25) is 9.59 Å². The van der Waals surface area contributed by atoms with Gasteiger partial charge < -0.3 is 14.5 Å². The number of ketones is 1. The zero-order valence-electron chi connectivity index (χ0n) is 14.9. The number of hydrogen-bond acceptors (Lipinski definition) is 5. The van der Waals surface area contributed by atoms with Crippen LogP contribution in [0, 0.1) is 0 Å². The Labute approximate surface area is 156 Å². The highest BCUT2D eigenvalue weighted by atomic mass is 32.2. The van der Waals surface area contributed by atoms with Gasteiger partial charge in [0.15, 0.2) is 10.9 Å². The second-order valence-corrected chi connectivity index (χ2v) is 7.81. The second-order valence-electron chi connectivity index (χ2n) is 6.87. The summed E-state index contributed by atoms with van der Waals surface area (Å²) in [4.78, 5) is 29.7. The number of amides is 1. The fraction of sp³-hybridized carbons (Fsp3) is 0.556. The number of aromatic amines is 1. The van der Waals surface area contributed by atoms with E-state index in [1.54, 1.807) is 12.3 Å². The number of nitrogens with one attached hydrogen (secondary N) is 1. The molecule has 4 rings (SSSR count). The maximum absolute atomic E-state index is 12.5. The largest absolute Gasteiger partial charge is 0.356 e. The van der Waals surface area contributed by atoms with Gasteiger partial charge in [0.05, 0.1) is 5.75 Å². The summed E-state index contributed by atoms with van der Waals surface area (Å²) in [6, 6.07) is 1.67. The molecular weight excluding hydrogens is 350 g/mol. The van der Waals surface area contributed by atoms with Gasteiger partial charge in [-0.2, -0.15) is 0 Å².